The zero-order chi connectivity index (χ0) is 21.1. The van der Waals surface area contributed by atoms with Crippen molar-refractivity contribution in [1.82, 2.24) is 19.1 Å². The number of carbonyl (C=O) groups is 1. The van der Waals surface area contributed by atoms with Crippen LogP contribution in [0.4, 0.5) is 14.5 Å². The Morgan fingerprint density at radius 2 is 1.93 bits per heavy atom. The molecule has 1 amide bonds. The summed E-state index contributed by atoms with van der Waals surface area (Å²) in [4.78, 5) is 21.0. The minimum atomic E-state index is -2.62. The number of nitrogens with one attached hydrogen (secondary N) is 1. The first kappa shape index (κ1) is 20.1. The number of rotatable bonds is 7. The van der Waals surface area contributed by atoms with Gasteiger partial charge in [-0.2, -0.15) is 8.78 Å². The van der Waals surface area contributed by atoms with Gasteiger partial charge in [-0.15, -0.1) is 0 Å². The highest BCUT2D eigenvalue weighted by Gasteiger charge is 2.17. The van der Waals surface area contributed by atoms with E-state index in [2.05, 4.69) is 15.3 Å². The Morgan fingerprint density at radius 3 is 2.63 bits per heavy atom. The molecule has 0 saturated carbocycles. The van der Waals surface area contributed by atoms with Crippen LogP contribution in [0.3, 0.4) is 0 Å². The average Bonchev–Trinajstić information content (AvgIpc) is 3.26. The third-order valence-corrected chi connectivity index (χ3v) is 5.33. The Morgan fingerprint density at radius 1 is 1.17 bits per heavy atom. The largest absolute Gasteiger partial charge is 0.331 e. The third-order valence-electron chi connectivity index (χ3n) is 4.63. The molecule has 0 aliphatic heterocycles. The quantitative estimate of drug-likeness (QED) is 0.440. The van der Waals surface area contributed by atoms with Crippen molar-refractivity contribution < 1.29 is 13.6 Å². The minimum Gasteiger partial charge on any atom is -0.331 e. The number of imidazole rings is 2. The van der Waals surface area contributed by atoms with Crippen molar-refractivity contribution in [2.24, 2.45) is 0 Å². The summed E-state index contributed by atoms with van der Waals surface area (Å²) in [5, 5.41) is 2.94. The van der Waals surface area contributed by atoms with Gasteiger partial charge in [0.15, 0.2) is 5.16 Å². The summed E-state index contributed by atoms with van der Waals surface area (Å²) < 4.78 is 29.4. The van der Waals surface area contributed by atoms with Crippen LogP contribution < -0.4 is 5.32 Å². The van der Waals surface area contributed by atoms with Gasteiger partial charge in [-0.05, 0) is 48.5 Å². The SMILES string of the molecule is Cc1nccn1Cc1ccc(NC(=O)Cn2c(SC(F)F)nc3ccccc32)cc1. The standard InChI is InChI=1S/C21H19F2N5OS/c1-14-24-10-11-27(14)12-15-6-8-16(9-7-15)25-19(29)13-28-18-5-3-2-4-17(18)26-21(28)30-20(22)23/h2-11,20H,12-13H2,1H3,(H,25,29). The molecule has 2 heterocycles. The van der Waals surface area contributed by atoms with Crippen LogP contribution in [0.1, 0.15) is 11.4 Å². The first-order valence-electron chi connectivity index (χ1n) is 9.26. The lowest BCUT2D eigenvalue weighted by molar-refractivity contribution is -0.116. The summed E-state index contributed by atoms with van der Waals surface area (Å²) in [6.07, 6.45) is 3.67. The molecule has 0 aliphatic rings. The van der Waals surface area contributed by atoms with Crippen LogP contribution in [-0.4, -0.2) is 30.8 Å². The zero-order valence-corrected chi connectivity index (χ0v) is 16.9. The summed E-state index contributed by atoms with van der Waals surface area (Å²) in [7, 11) is 0. The number of aromatic nitrogens is 4. The first-order valence-corrected chi connectivity index (χ1v) is 10.1. The number of thioether (sulfide) groups is 1. The number of para-hydroxylation sites is 2. The summed E-state index contributed by atoms with van der Waals surface area (Å²) >= 11 is 0.335. The predicted molar refractivity (Wildman–Crippen MR) is 113 cm³/mol. The lowest BCUT2D eigenvalue weighted by Crippen LogP contribution is -2.19. The fourth-order valence-corrected chi connectivity index (χ4v) is 3.78. The predicted octanol–water partition coefficient (Wildman–Crippen LogP) is 4.54. The number of amides is 1. The van der Waals surface area contributed by atoms with Gasteiger partial charge in [-0.1, -0.05) is 24.3 Å². The van der Waals surface area contributed by atoms with Crippen LogP contribution in [0.5, 0.6) is 0 Å². The van der Waals surface area contributed by atoms with Crippen LogP contribution in [0, 0.1) is 6.92 Å². The molecule has 0 radical (unpaired) electrons. The van der Waals surface area contributed by atoms with Crippen molar-refractivity contribution >= 4 is 34.4 Å². The van der Waals surface area contributed by atoms with Gasteiger partial charge in [0.2, 0.25) is 5.91 Å². The fraction of sp³-hybridized carbons (Fsp3) is 0.190. The van der Waals surface area contributed by atoms with Crippen LogP contribution >= 0.6 is 11.8 Å². The number of hydrogen-bond acceptors (Lipinski definition) is 4. The van der Waals surface area contributed by atoms with E-state index in [1.807, 2.05) is 42.0 Å². The summed E-state index contributed by atoms with van der Waals surface area (Å²) in [6.45, 7) is 2.52. The molecule has 2 aromatic heterocycles. The van der Waals surface area contributed by atoms with Gasteiger partial charge < -0.3 is 14.5 Å². The molecule has 2 aromatic carbocycles. The van der Waals surface area contributed by atoms with Crippen molar-refractivity contribution in [3.63, 3.8) is 0 Å². The second kappa shape index (κ2) is 8.66. The molecule has 4 aromatic rings. The molecule has 4 rings (SSSR count). The van der Waals surface area contributed by atoms with E-state index in [9.17, 15) is 13.6 Å². The van der Waals surface area contributed by atoms with E-state index < -0.39 is 5.76 Å². The van der Waals surface area contributed by atoms with Gasteiger partial charge in [0.05, 0.1) is 11.0 Å². The van der Waals surface area contributed by atoms with Crippen molar-refractivity contribution in [2.45, 2.75) is 30.9 Å². The Balaban J connectivity index is 1.46. The lowest BCUT2D eigenvalue weighted by atomic mass is 10.2. The van der Waals surface area contributed by atoms with Crippen LogP contribution in [-0.2, 0) is 17.9 Å². The lowest BCUT2D eigenvalue weighted by Gasteiger charge is -2.10. The molecule has 0 atom stereocenters. The number of benzene rings is 2. The topological polar surface area (TPSA) is 64.7 Å². The molecule has 0 fully saturated rings. The maximum atomic E-state index is 12.9. The van der Waals surface area contributed by atoms with Crippen LogP contribution in [0.25, 0.3) is 11.0 Å². The van der Waals surface area contributed by atoms with Gasteiger partial charge in [-0.25, -0.2) is 9.97 Å². The highest BCUT2D eigenvalue weighted by molar-refractivity contribution is 7.99. The first-order chi connectivity index (χ1) is 14.5. The van der Waals surface area contributed by atoms with Gasteiger partial charge in [-0.3, -0.25) is 4.79 Å². The number of aryl methyl sites for hydroxylation is 1. The van der Waals surface area contributed by atoms with Gasteiger partial charge in [0.25, 0.3) is 5.76 Å². The second-order valence-electron chi connectivity index (χ2n) is 6.70. The normalized spacial score (nSPS) is 11.3. The van der Waals surface area contributed by atoms with E-state index in [4.69, 9.17) is 0 Å². The number of hydrogen-bond donors (Lipinski definition) is 1. The van der Waals surface area contributed by atoms with E-state index in [-0.39, 0.29) is 17.6 Å². The van der Waals surface area contributed by atoms with Crippen LogP contribution in [0.2, 0.25) is 0 Å². The number of anilines is 1. The van der Waals surface area contributed by atoms with E-state index in [0.29, 0.717) is 35.0 Å². The number of alkyl halides is 2. The zero-order valence-electron chi connectivity index (χ0n) is 16.1. The Hall–Kier alpha value is -3.20. The molecule has 6 nitrogen and oxygen atoms in total. The average molecular weight is 427 g/mol. The number of fused-ring (bicyclic) bond motifs is 1. The highest BCUT2D eigenvalue weighted by atomic mass is 32.2. The molecular weight excluding hydrogens is 408 g/mol. The smallest absolute Gasteiger partial charge is 0.291 e. The van der Waals surface area contributed by atoms with Gasteiger partial charge in [0.1, 0.15) is 12.4 Å². The molecule has 30 heavy (non-hydrogen) atoms. The highest BCUT2D eigenvalue weighted by Crippen LogP contribution is 2.28. The molecule has 0 spiro atoms. The molecule has 0 aliphatic carbocycles. The monoisotopic (exact) mass is 427 g/mol. The molecule has 0 saturated heterocycles. The van der Waals surface area contributed by atoms with Crippen molar-refractivity contribution in [3.8, 4) is 0 Å². The molecule has 0 unspecified atom stereocenters. The number of carbonyl (C=O) groups excluding carboxylic acids is 1. The molecular formula is C21H19F2N5OS. The number of halogens is 2. The van der Waals surface area contributed by atoms with E-state index in [0.717, 1.165) is 11.4 Å². The maximum absolute atomic E-state index is 12.9. The third kappa shape index (κ3) is 4.51. The van der Waals surface area contributed by atoms with E-state index in [1.165, 1.54) is 4.57 Å². The summed E-state index contributed by atoms with van der Waals surface area (Å²) in [6, 6.07) is 14.6. The van der Waals surface area contributed by atoms with Crippen LogP contribution in [0.15, 0.2) is 66.1 Å². The molecule has 1 N–H and O–H groups in total. The number of nitrogens with zero attached hydrogens (tertiary/aromatic N) is 4. The Bertz CT molecular complexity index is 1170. The second-order valence-corrected chi connectivity index (χ2v) is 7.65. The minimum absolute atomic E-state index is 0.106. The molecule has 154 valence electrons. The summed E-state index contributed by atoms with van der Waals surface area (Å²) in [5.74, 6) is -2.00. The van der Waals surface area contributed by atoms with Crippen molar-refractivity contribution in [2.75, 3.05) is 5.32 Å². The van der Waals surface area contributed by atoms with E-state index in [1.54, 1.807) is 30.5 Å². The summed E-state index contributed by atoms with van der Waals surface area (Å²) in [5.41, 5.74) is 2.93. The van der Waals surface area contributed by atoms with Crippen molar-refractivity contribution in [3.05, 3.63) is 72.3 Å². The Kier molecular flexibility index (Phi) is 5.80. The van der Waals surface area contributed by atoms with E-state index >= 15 is 0 Å². The Labute approximate surface area is 175 Å². The molecule has 9 heteroatoms. The van der Waals surface area contributed by atoms with Crippen molar-refractivity contribution in [1.29, 1.82) is 0 Å². The maximum Gasteiger partial charge on any atom is 0.291 e. The van der Waals surface area contributed by atoms with Gasteiger partial charge >= 0.3 is 0 Å². The fourth-order valence-electron chi connectivity index (χ4n) is 3.18. The van der Waals surface area contributed by atoms with Gasteiger partial charge in [0, 0.05) is 24.6 Å². The molecule has 0 bridgehead atoms.